The molecule has 0 radical (unpaired) electrons. The van der Waals surface area contributed by atoms with Gasteiger partial charge in [-0.15, -0.1) is 0 Å². The molecule has 2 rings (SSSR count). The minimum absolute atomic E-state index is 0.364. The minimum atomic E-state index is -0.438. The Hall–Kier alpha value is -2.20. The van der Waals surface area contributed by atoms with Gasteiger partial charge in [0.1, 0.15) is 11.5 Å². The molecule has 0 atom stereocenters. The van der Waals surface area contributed by atoms with Gasteiger partial charge in [0, 0.05) is 5.02 Å². The predicted molar refractivity (Wildman–Crippen MR) is 83.2 cm³/mol. The Bertz CT molecular complexity index is 675. The molecule has 0 amide bonds. The van der Waals surface area contributed by atoms with Crippen molar-refractivity contribution in [3.05, 3.63) is 52.0 Å². The molecule has 0 aliphatic rings. The van der Waals surface area contributed by atoms with E-state index >= 15 is 0 Å². The second kappa shape index (κ2) is 6.06. The molecule has 5 heteroatoms. The summed E-state index contributed by atoms with van der Waals surface area (Å²) in [6.07, 6.45) is 0. The van der Waals surface area contributed by atoms with Crippen molar-refractivity contribution in [1.82, 2.24) is 0 Å². The number of carbonyl (C=O) groups excluding carboxylic acids is 1. The first kappa shape index (κ1) is 15.2. The summed E-state index contributed by atoms with van der Waals surface area (Å²) in [5, 5.41) is 0.719. The molecular formula is C16H16ClNO3. The lowest BCUT2D eigenvalue weighted by Crippen LogP contribution is -2.02. The number of nitrogen functional groups attached to an aromatic ring is 1. The van der Waals surface area contributed by atoms with Gasteiger partial charge in [-0.2, -0.15) is 0 Å². The third kappa shape index (κ3) is 3.28. The van der Waals surface area contributed by atoms with E-state index in [1.54, 1.807) is 12.1 Å². The standard InChI is InChI=1S/C16H16ClNO3/c1-9-6-12(7-10(2)15(9)17)21-14-5-4-11(8-13(14)18)16(19)20-3/h4-8H,18H2,1-3H3. The summed E-state index contributed by atoms with van der Waals surface area (Å²) in [4.78, 5) is 11.4. The summed E-state index contributed by atoms with van der Waals surface area (Å²) in [7, 11) is 1.32. The van der Waals surface area contributed by atoms with Crippen molar-refractivity contribution in [2.75, 3.05) is 12.8 Å². The number of aryl methyl sites for hydroxylation is 2. The molecule has 2 N–H and O–H groups in total. The summed E-state index contributed by atoms with van der Waals surface area (Å²) in [6.45, 7) is 3.82. The summed E-state index contributed by atoms with van der Waals surface area (Å²) < 4.78 is 10.4. The van der Waals surface area contributed by atoms with Crippen LogP contribution < -0.4 is 10.5 Å². The lowest BCUT2D eigenvalue weighted by molar-refractivity contribution is 0.0601. The van der Waals surface area contributed by atoms with Crippen LogP contribution in [0.2, 0.25) is 5.02 Å². The highest BCUT2D eigenvalue weighted by molar-refractivity contribution is 6.32. The van der Waals surface area contributed by atoms with Gasteiger partial charge in [-0.05, 0) is 55.3 Å². The van der Waals surface area contributed by atoms with Crippen LogP contribution in [0.5, 0.6) is 11.5 Å². The van der Waals surface area contributed by atoms with Gasteiger partial charge >= 0.3 is 5.97 Å². The zero-order chi connectivity index (χ0) is 15.6. The first-order chi connectivity index (χ1) is 9.92. The SMILES string of the molecule is COC(=O)c1ccc(Oc2cc(C)c(Cl)c(C)c2)c(N)c1. The normalized spacial score (nSPS) is 10.3. The van der Waals surface area contributed by atoms with E-state index in [4.69, 9.17) is 22.1 Å². The van der Waals surface area contributed by atoms with E-state index in [1.807, 2.05) is 26.0 Å². The molecule has 0 aromatic heterocycles. The topological polar surface area (TPSA) is 61.5 Å². The second-order valence-corrected chi connectivity index (χ2v) is 5.10. The lowest BCUT2D eigenvalue weighted by Gasteiger charge is -2.12. The maximum Gasteiger partial charge on any atom is 0.337 e. The Morgan fingerprint density at radius 1 is 1.14 bits per heavy atom. The smallest absolute Gasteiger partial charge is 0.337 e. The summed E-state index contributed by atoms with van der Waals surface area (Å²) in [5.41, 5.74) is 8.51. The van der Waals surface area contributed by atoms with E-state index in [1.165, 1.54) is 13.2 Å². The van der Waals surface area contributed by atoms with Crippen LogP contribution in [0.25, 0.3) is 0 Å². The summed E-state index contributed by atoms with van der Waals surface area (Å²) in [5.74, 6) is 0.683. The Balaban J connectivity index is 2.30. The van der Waals surface area contributed by atoms with Gasteiger partial charge in [0.25, 0.3) is 0 Å². The molecule has 0 aliphatic carbocycles. The van der Waals surface area contributed by atoms with Crippen LogP contribution in [0.15, 0.2) is 30.3 Å². The van der Waals surface area contributed by atoms with E-state index in [9.17, 15) is 4.79 Å². The van der Waals surface area contributed by atoms with E-state index in [2.05, 4.69) is 4.74 Å². The number of esters is 1. The molecule has 0 saturated carbocycles. The van der Waals surface area contributed by atoms with Crippen LogP contribution in [0.3, 0.4) is 0 Å². The molecule has 0 bridgehead atoms. The number of methoxy groups -OCH3 is 1. The minimum Gasteiger partial charge on any atom is -0.465 e. The fourth-order valence-corrected chi connectivity index (χ4v) is 2.09. The Kier molecular flexibility index (Phi) is 4.38. The third-order valence-corrected chi connectivity index (χ3v) is 3.66. The van der Waals surface area contributed by atoms with Crippen molar-refractivity contribution in [3.63, 3.8) is 0 Å². The Morgan fingerprint density at radius 2 is 1.76 bits per heavy atom. The Morgan fingerprint density at radius 3 is 2.29 bits per heavy atom. The monoisotopic (exact) mass is 305 g/mol. The average molecular weight is 306 g/mol. The fourth-order valence-electron chi connectivity index (χ4n) is 1.98. The van der Waals surface area contributed by atoms with Crippen molar-refractivity contribution >= 4 is 23.3 Å². The maximum absolute atomic E-state index is 11.4. The molecule has 21 heavy (non-hydrogen) atoms. The van der Waals surface area contributed by atoms with Crippen LogP contribution in [0, 0.1) is 13.8 Å². The largest absolute Gasteiger partial charge is 0.465 e. The number of nitrogens with two attached hydrogens (primary N) is 1. The zero-order valence-electron chi connectivity index (χ0n) is 12.1. The average Bonchev–Trinajstić information content (AvgIpc) is 2.46. The molecule has 110 valence electrons. The number of ether oxygens (including phenoxy) is 2. The van der Waals surface area contributed by atoms with Gasteiger partial charge in [0.05, 0.1) is 18.4 Å². The molecule has 0 saturated heterocycles. The van der Waals surface area contributed by atoms with Crippen LogP contribution in [0.4, 0.5) is 5.69 Å². The van der Waals surface area contributed by atoms with E-state index < -0.39 is 5.97 Å². The second-order valence-electron chi connectivity index (χ2n) is 4.72. The molecule has 0 spiro atoms. The number of benzene rings is 2. The third-order valence-electron chi connectivity index (χ3n) is 3.07. The van der Waals surface area contributed by atoms with Gasteiger partial charge in [-0.3, -0.25) is 0 Å². The van der Waals surface area contributed by atoms with Crippen LogP contribution in [-0.4, -0.2) is 13.1 Å². The van der Waals surface area contributed by atoms with Crippen molar-refractivity contribution in [1.29, 1.82) is 0 Å². The van der Waals surface area contributed by atoms with Gasteiger partial charge in [-0.25, -0.2) is 4.79 Å². The molecule has 0 heterocycles. The van der Waals surface area contributed by atoms with Crippen LogP contribution in [0.1, 0.15) is 21.5 Å². The summed E-state index contributed by atoms with van der Waals surface area (Å²) in [6, 6.07) is 8.44. The summed E-state index contributed by atoms with van der Waals surface area (Å²) >= 11 is 6.12. The highest BCUT2D eigenvalue weighted by atomic mass is 35.5. The van der Waals surface area contributed by atoms with Crippen molar-refractivity contribution < 1.29 is 14.3 Å². The number of rotatable bonds is 3. The zero-order valence-corrected chi connectivity index (χ0v) is 12.8. The molecule has 0 unspecified atom stereocenters. The van der Waals surface area contributed by atoms with E-state index in [0.717, 1.165) is 16.1 Å². The van der Waals surface area contributed by atoms with Gasteiger partial charge in [-0.1, -0.05) is 11.6 Å². The number of hydrogen-bond donors (Lipinski definition) is 1. The van der Waals surface area contributed by atoms with Gasteiger partial charge in [0.2, 0.25) is 0 Å². The van der Waals surface area contributed by atoms with E-state index in [0.29, 0.717) is 22.7 Å². The molecular weight excluding hydrogens is 290 g/mol. The molecule has 4 nitrogen and oxygen atoms in total. The lowest BCUT2D eigenvalue weighted by atomic mass is 10.1. The highest BCUT2D eigenvalue weighted by Gasteiger charge is 2.10. The van der Waals surface area contributed by atoms with Crippen molar-refractivity contribution in [2.24, 2.45) is 0 Å². The number of carbonyl (C=O) groups is 1. The number of anilines is 1. The molecule has 0 aliphatic heterocycles. The van der Waals surface area contributed by atoms with E-state index in [-0.39, 0.29) is 0 Å². The van der Waals surface area contributed by atoms with Gasteiger partial charge < -0.3 is 15.2 Å². The van der Waals surface area contributed by atoms with Crippen LogP contribution in [-0.2, 0) is 4.74 Å². The predicted octanol–water partition coefficient (Wildman–Crippen LogP) is 4.12. The molecule has 0 fully saturated rings. The Labute approximate surface area is 128 Å². The van der Waals surface area contributed by atoms with Crippen LogP contribution >= 0.6 is 11.6 Å². The van der Waals surface area contributed by atoms with Crippen molar-refractivity contribution in [2.45, 2.75) is 13.8 Å². The molecule has 2 aromatic carbocycles. The first-order valence-corrected chi connectivity index (χ1v) is 6.72. The molecule has 2 aromatic rings. The van der Waals surface area contributed by atoms with Crippen molar-refractivity contribution in [3.8, 4) is 11.5 Å². The maximum atomic E-state index is 11.4. The highest BCUT2D eigenvalue weighted by Crippen LogP contribution is 2.32. The number of halogens is 1. The number of hydrogen-bond acceptors (Lipinski definition) is 4. The quantitative estimate of drug-likeness (QED) is 0.684. The van der Waals surface area contributed by atoms with Gasteiger partial charge in [0.15, 0.2) is 0 Å². The fraction of sp³-hybridized carbons (Fsp3) is 0.188. The first-order valence-electron chi connectivity index (χ1n) is 6.35.